The van der Waals surface area contributed by atoms with E-state index in [0.29, 0.717) is 0 Å². The second-order valence-electron chi connectivity index (χ2n) is 21.2. The van der Waals surface area contributed by atoms with E-state index in [1.54, 1.807) is 0 Å². The van der Waals surface area contributed by atoms with Crippen LogP contribution in [0.1, 0.15) is 66.8 Å². The Bertz CT molecular complexity index is 4140. The number of aromatic nitrogens is 1. The Labute approximate surface area is 452 Å². The third-order valence-electron chi connectivity index (χ3n) is 16.6. The molecule has 0 atom stereocenters. The standard InChI is InChI=1S/C74H57N3/c1-50-33-38-55(39-34-50)73(68-29-9-5-25-64(68)65-26-6-10-30-69(65)73)57-19-15-22-60(47-57)76(59-21-13-17-52(3)45-59)61-42-37-54-43-44-75(72(54)49-61)77(62-23-14-18-53(4)46-62)63-24-16-20-58(48-63)74(56-40-35-51(2)36-41-56)70-31-11-7-27-66(70)67-28-8-12-32-71(67)74/h5-49H,1-4H3. The Morgan fingerprint density at radius 3 is 1.16 bits per heavy atom. The number of benzene rings is 11. The third-order valence-corrected chi connectivity index (χ3v) is 16.6. The van der Waals surface area contributed by atoms with Crippen LogP contribution in [0, 0.1) is 27.7 Å². The SMILES string of the molecule is Cc1ccc(C2(c3cccc(N(c4cccc(C)c4)c4ccc5ccn(N(c6cccc(C)c6)c6cccc(C7(c8ccc(C)cc8)c8ccccc8-c8ccccc87)c6)c5c4)c3)c3ccccc3-c3ccccc32)cc1. The van der Waals surface area contributed by atoms with E-state index in [-0.39, 0.29) is 0 Å². The van der Waals surface area contributed by atoms with E-state index in [4.69, 9.17) is 0 Å². The Hall–Kier alpha value is -9.44. The van der Waals surface area contributed by atoms with Gasteiger partial charge in [0.25, 0.3) is 0 Å². The molecular formula is C74H57N3. The first-order valence-electron chi connectivity index (χ1n) is 26.9. The fourth-order valence-electron chi connectivity index (χ4n) is 13.2. The minimum absolute atomic E-state index is 0.544. The van der Waals surface area contributed by atoms with E-state index in [9.17, 15) is 0 Å². The second-order valence-corrected chi connectivity index (χ2v) is 21.2. The molecule has 2 aliphatic carbocycles. The number of anilines is 5. The predicted octanol–water partition coefficient (Wildman–Crippen LogP) is 18.7. The molecule has 0 fully saturated rings. The molecule has 0 saturated heterocycles. The molecule has 0 unspecified atom stereocenters. The fourth-order valence-corrected chi connectivity index (χ4v) is 13.2. The average Bonchev–Trinajstić information content (AvgIpc) is 4.33. The smallest absolute Gasteiger partial charge is 0.0723 e. The van der Waals surface area contributed by atoms with Crippen LogP contribution in [0.15, 0.2) is 273 Å². The van der Waals surface area contributed by atoms with E-state index in [1.165, 1.54) is 89.0 Å². The van der Waals surface area contributed by atoms with Gasteiger partial charge in [-0.1, -0.05) is 211 Å². The zero-order valence-electron chi connectivity index (χ0n) is 43.8. The largest absolute Gasteiger partial charge is 0.310 e. The van der Waals surface area contributed by atoms with Gasteiger partial charge < -0.3 is 4.90 Å². The summed E-state index contributed by atoms with van der Waals surface area (Å²) in [5.41, 5.74) is 25.5. The number of fused-ring (bicyclic) bond motifs is 7. The van der Waals surface area contributed by atoms with Crippen LogP contribution >= 0.6 is 0 Å². The van der Waals surface area contributed by atoms with Crippen molar-refractivity contribution in [3.63, 3.8) is 0 Å². The van der Waals surface area contributed by atoms with Gasteiger partial charge in [0.05, 0.1) is 27.7 Å². The van der Waals surface area contributed by atoms with Gasteiger partial charge in [0.1, 0.15) is 0 Å². The third kappa shape index (κ3) is 7.18. The quantitative estimate of drug-likeness (QED) is 0.135. The van der Waals surface area contributed by atoms with Gasteiger partial charge >= 0.3 is 0 Å². The minimum Gasteiger partial charge on any atom is -0.310 e. The molecule has 368 valence electrons. The van der Waals surface area contributed by atoms with Crippen LogP contribution < -0.4 is 9.91 Å². The molecule has 12 aromatic rings. The van der Waals surface area contributed by atoms with Gasteiger partial charge in [-0.2, -0.15) is 0 Å². The molecule has 0 N–H and O–H groups in total. The Morgan fingerprint density at radius 1 is 0.286 bits per heavy atom. The summed E-state index contributed by atoms with van der Waals surface area (Å²) in [4.78, 5) is 2.45. The molecule has 0 amide bonds. The first-order valence-corrected chi connectivity index (χ1v) is 26.9. The summed E-state index contributed by atoms with van der Waals surface area (Å²) in [6.07, 6.45) is 2.23. The lowest BCUT2D eigenvalue weighted by Crippen LogP contribution is -2.29. The van der Waals surface area contributed by atoms with Crippen molar-refractivity contribution < 1.29 is 0 Å². The lowest BCUT2D eigenvalue weighted by atomic mass is 9.67. The molecule has 11 aromatic carbocycles. The number of nitrogens with zero attached hydrogens (tertiary/aromatic N) is 3. The molecule has 2 aliphatic rings. The van der Waals surface area contributed by atoms with Gasteiger partial charge in [0.2, 0.25) is 0 Å². The van der Waals surface area contributed by atoms with E-state index in [2.05, 4.69) is 315 Å². The van der Waals surface area contributed by atoms with Crippen LogP contribution in [-0.2, 0) is 10.8 Å². The van der Waals surface area contributed by atoms with Gasteiger partial charge in [-0.3, -0.25) is 4.68 Å². The highest BCUT2D eigenvalue weighted by Crippen LogP contribution is 2.58. The molecule has 77 heavy (non-hydrogen) atoms. The molecule has 0 bridgehead atoms. The Balaban J connectivity index is 0.965. The molecule has 0 spiro atoms. The van der Waals surface area contributed by atoms with Gasteiger partial charge in [-0.05, 0) is 172 Å². The Kier molecular flexibility index (Phi) is 10.9. The number of hydrogen-bond acceptors (Lipinski definition) is 2. The summed E-state index contributed by atoms with van der Waals surface area (Å²) in [5.74, 6) is 0. The van der Waals surface area contributed by atoms with Crippen LogP contribution in [-0.4, -0.2) is 4.68 Å². The van der Waals surface area contributed by atoms with Crippen molar-refractivity contribution in [2.45, 2.75) is 38.5 Å². The van der Waals surface area contributed by atoms with Crippen LogP contribution in [0.3, 0.4) is 0 Å². The lowest BCUT2D eigenvalue weighted by Gasteiger charge is -2.35. The van der Waals surface area contributed by atoms with Crippen molar-refractivity contribution >= 4 is 39.3 Å². The van der Waals surface area contributed by atoms with E-state index >= 15 is 0 Å². The second kappa shape index (κ2) is 18.1. The Morgan fingerprint density at radius 2 is 0.675 bits per heavy atom. The van der Waals surface area contributed by atoms with Crippen molar-refractivity contribution in [3.8, 4) is 22.3 Å². The first kappa shape index (κ1) is 46.1. The van der Waals surface area contributed by atoms with E-state index < -0.39 is 10.8 Å². The maximum atomic E-state index is 2.45. The summed E-state index contributed by atoms with van der Waals surface area (Å²) in [6, 6.07) is 100. The summed E-state index contributed by atoms with van der Waals surface area (Å²) >= 11 is 0. The molecular weight excluding hydrogens is 931 g/mol. The molecule has 0 saturated carbocycles. The zero-order valence-corrected chi connectivity index (χ0v) is 43.8. The van der Waals surface area contributed by atoms with Crippen molar-refractivity contribution in [1.82, 2.24) is 4.68 Å². The van der Waals surface area contributed by atoms with Crippen LogP contribution in [0.25, 0.3) is 33.2 Å². The molecule has 1 heterocycles. The first-order chi connectivity index (χ1) is 37.8. The maximum absolute atomic E-state index is 2.45. The molecule has 1 aromatic heterocycles. The zero-order chi connectivity index (χ0) is 51.8. The van der Waals surface area contributed by atoms with Gasteiger partial charge in [0, 0.05) is 28.6 Å². The van der Waals surface area contributed by atoms with Gasteiger partial charge in [-0.25, -0.2) is 5.01 Å². The monoisotopic (exact) mass is 987 g/mol. The molecule has 0 aliphatic heterocycles. The number of aryl methyl sites for hydroxylation is 4. The molecule has 0 radical (unpaired) electrons. The number of rotatable bonds is 10. The highest BCUT2D eigenvalue weighted by Gasteiger charge is 2.47. The van der Waals surface area contributed by atoms with Crippen LogP contribution in [0.5, 0.6) is 0 Å². The maximum Gasteiger partial charge on any atom is 0.0723 e. The van der Waals surface area contributed by atoms with E-state index in [0.717, 1.165) is 39.3 Å². The van der Waals surface area contributed by atoms with E-state index in [1.807, 2.05) is 0 Å². The van der Waals surface area contributed by atoms with Crippen molar-refractivity contribution in [1.29, 1.82) is 0 Å². The van der Waals surface area contributed by atoms with Gasteiger partial charge in [-0.15, -0.1) is 0 Å². The topological polar surface area (TPSA) is 11.4 Å². The fraction of sp³-hybridized carbons (Fsp3) is 0.0811. The van der Waals surface area contributed by atoms with Crippen molar-refractivity contribution in [3.05, 3.63) is 340 Å². The summed E-state index contributed by atoms with van der Waals surface area (Å²) < 4.78 is 2.35. The minimum atomic E-state index is -0.551. The van der Waals surface area contributed by atoms with Crippen LogP contribution in [0.4, 0.5) is 28.4 Å². The lowest BCUT2D eigenvalue weighted by molar-refractivity contribution is 0.764. The predicted molar refractivity (Wildman–Crippen MR) is 321 cm³/mol. The average molecular weight is 988 g/mol. The highest BCUT2D eigenvalue weighted by molar-refractivity contribution is 5.92. The number of hydrogen-bond donors (Lipinski definition) is 0. The van der Waals surface area contributed by atoms with Gasteiger partial charge in [0.15, 0.2) is 0 Å². The molecule has 3 nitrogen and oxygen atoms in total. The summed E-state index contributed by atoms with van der Waals surface area (Å²) in [5, 5.41) is 3.55. The van der Waals surface area contributed by atoms with Crippen LogP contribution in [0.2, 0.25) is 0 Å². The molecule has 3 heteroatoms. The normalized spacial score (nSPS) is 13.4. The highest BCUT2D eigenvalue weighted by atomic mass is 15.5. The molecule has 14 rings (SSSR count). The summed E-state index contributed by atoms with van der Waals surface area (Å²) in [6.45, 7) is 8.72. The van der Waals surface area contributed by atoms with Crippen molar-refractivity contribution in [2.75, 3.05) is 9.91 Å². The summed E-state index contributed by atoms with van der Waals surface area (Å²) in [7, 11) is 0. The van der Waals surface area contributed by atoms with Crippen molar-refractivity contribution in [2.24, 2.45) is 0 Å².